The van der Waals surface area contributed by atoms with Crippen molar-refractivity contribution >= 4 is 16.6 Å². The zero-order valence-electron chi connectivity index (χ0n) is 14.5. The van der Waals surface area contributed by atoms with Crippen LogP contribution in [0.3, 0.4) is 0 Å². The number of aryl methyl sites for hydroxylation is 2. The van der Waals surface area contributed by atoms with Crippen LogP contribution in [0.1, 0.15) is 26.0 Å². The van der Waals surface area contributed by atoms with E-state index in [-0.39, 0.29) is 6.10 Å². The van der Waals surface area contributed by atoms with Gasteiger partial charge >= 0.3 is 0 Å². The highest BCUT2D eigenvalue weighted by Crippen LogP contribution is 2.26. The van der Waals surface area contributed by atoms with E-state index in [9.17, 15) is 0 Å². The van der Waals surface area contributed by atoms with Gasteiger partial charge in [-0.05, 0) is 51.0 Å². The first-order valence-corrected chi connectivity index (χ1v) is 8.39. The lowest BCUT2D eigenvalue weighted by molar-refractivity contribution is 0.242. The summed E-state index contributed by atoms with van der Waals surface area (Å²) < 4.78 is 7.67. The second-order valence-electron chi connectivity index (χ2n) is 6.18. The Kier molecular flexibility index (Phi) is 4.99. The first-order valence-electron chi connectivity index (χ1n) is 8.39. The molecule has 3 rings (SSSR count). The molecule has 126 valence electrons. The molecular formula is C19H24N4O. The monoisotopic (exact) mass is 324 g/mol. The lowest BCUT2D eigenvalue weighted by Crippen LogP contribution is -2.07. The number of pyridine rings is 1. The van der Waals surface area contributed by atoms with Gasteiger partial charge < -0.3 is 10.1 Å². The van der Waals surface area contributed by atoms with Gasteiger partial charge in [-0.3, -0.25) is 9.67 Å². The summed E-state index contributed by atoms with van der Waals surface area (Å²) >= 11 is 0. The van der Waals surface area contributed by atoms with E-state index >= 15 is 0 Å². The van der Waals surface area contributed by atoms with Crippen LogP contribution < -0.4 is 10.1 Å². The minimum Gasteiger partial charge on any atom is -0.491 e. The summed E-state index contributed by atoms with van der Waals surface area (Å²) in [6.07, 6.45) is 5.91. The Labute approximate surface area is 142 Å². The molecule has 0 radical (unpaired) electrons. The molecule has 5 nitrogen and oxygen atoms in total. The van der Waals surface area contributed by atoms with Gasteiger partial charge in [0.15, 0.2) is 0 Å². The Morgan fingerprint density at radius 1 is 1.17 bits per heavy atom. The summed E-state index contributed by atoms with van der Waals surface area (Å²) in [4.78, 5) is 4.46. The molecule has 24 heavy (non-hydrogen) atoms. The van der Waals surface area contributed by atoms with Crippen molar-refractivity contribution < 1.29 is 4.74 Å². The maximum absolute atomic E-state index is 5.74. The molecule has 0 saturated heterocycles. The van der Waals surface area contributed by atoms with Crippen molar-refractivity contribution in [1.82, 2.24) is 14.8 Å². The highest BCUT2D eigenvalue weighted by Gasteiger charge is 2.05. The normalized spacial score (nSPS) is 11.2. The Bertz CT molecular complexity index is 810. The van der Waals surface area contributed by atoms with Gasteiger partial charge in [-0.2, -0.15) is 5.10 Å². The SMILES string of the molecule is CC(C)Oc1ccc2c(NCCCc3ccnn3C)ccnc2c1. The van der Waals surface area contributed by atoms with Gasteiger partial charge in [0.1, 0.15) is 5.75 Å². The van der Waals surface area contributed by atoms with Crippen LogP contribution in [0.2, 0.25) is 0 Å². The van der Waals surface area contributed by atoms with Crippen molar-refractivity contribution in [3.8, 4) is 5.75 Å². The number of benzene rings is 1. The van der Waals surface area contributed by atoms with Crippen molar-refractivity contribution in [2.45, 2.75) is 32.8 Å². The molecule has 0 fully saturated rings. The van der Waals surface area contributed by atoms with Gasteiger partial charge in [-0.15, -0.1) is 0 Å². The number of nitrogens with zero attached hydrogens (tertiary/aromatic N) is 3. The average Bonchev–Trinajstić information content (AvgIpc) is 2.96. The number of aromatic nitrogens is 3. The van der Waals surface area contributed by atoms with Crippen molar-refractivity contribution in [3.05, 3.63) is 48.4 Å². The van der Waals surface area contributed by atoms with Crippen LogP contribution in [0.4, 0.5) is 5.69 Å². The Balaban J connectivity index is 1.65. The highest BCUT2D eigenvalue weighted by molar-refractivity contribution is 5.91. The molecular weight excluding hydrogens is 300 g/mol. The standard InChI is InChI=1S/C19H24N4O/c1-14(2)24-16-6-7-17-18(9-11-21-19(17)13-16)20-10-4-5-15-8-12-22-23(15)3/h6-9,11-14H,4-5,10H2,1-3H3,(H,20,21). The Morgan fingerprint density at radius 3 is 2.79 bits per heavy atom. The number of rotatable bonds is 7. The van der Waals surface area contributed by atoms with Crippen LogP contribution in [0.5, 0.6) is 5.75 Å². The lowest BCUT2D eigenvalue weighted by Gasteiger charge is -2.12. The molecule has 2 heterocycles. The summed E-state index contributed by atoms with van der Waals surface area (Å²) in [5.74, 6) is 0.860. The number of hydrogen-bond acceptors (Lipinski definition) is 4. The van der Waals surface area contributed by atoms with Crippen LogP contribution >= 0.6 is 0 Å². The third-order valence-corrected chi connectivity index (χ3v) is 3.93. The van der Waals surface area contributed by atoms with E-state index in [4.69, 9.17) is 4.74 Å². The average molecular weight is 324 g/mol. The van der Waals surface area contributed by atoms with E-state index in [1.165, 1.54) is 5.69 Å². The van der Waals surface area contributed by atoms with Gasteiger partial charge in [0, 0.05) is 48.8 Å². The summed E-state index contributed by atoms with van der Waals surface area (Å²) in [6, 6.07) is 10.2. The molecule has 0 bridgehead atoms. The van der Waals surface area contributed by atoms with Gasteiger partial charge in [0.2, 0.25) is 0 Å². The molecule has 0 amide bonds. The number of hydrogen-bond donors (Lipinski definition) is 1. The lowest BCUT2D eigenvalue weighted by atomic mass is 10.1. The molecule has 0 aliphatic carbocycles. The Hall–Kier alpha value is -2.56. The van der Waals surface area contributed by atoms with Crippen LogP contribution in [0, 0.1) is 0 Å². The minimum absolute atomic E-state index is 0.163. The fourth-order valence-corrected chi connectivity index (χ4v) is 2.77. The van der Waals surface area contributed by atoms with Crippen LogP contribution in [-0.4, -0.2) is 27.4 Å². The van der Waals surface area contributed by atoms with Crippen molar-refractivity contribution in [3.63, 3.8) is 0 Å². The molecule has 0 aliphatic heterocycles. The molecule has 2 aromatic heterocycles. The first-order chi connectivity index (χ1) is 11.6. The van der Waals surface area contributed by atoms with E-state index in [2.05, 4.69) is 27.5 Å². The smallest absolute Gasteiger partial charge is 0.121 e. The molecule has 0 unspecified atom stereocenters. The number of nitrogens with one attached hydrogen (secondary N) is 1. The fourth-order valence-electron chi connectivity index (χ4n) is 2.77. The Morgan fingerprint density at radius 2 is 2.04 bits per heavy atom. The third kappa shape index (κ3) is 3.85. The summed E-state index contributed by atoms with van der Waals surface area (Å²) in [5, 5.41) is 8.84. The molecule has 3 aromatic rings. The largest absolute Gasteiger partial charge is 0.491 e. The molecule has 5 heteroatoms. The quantitative estimate of drug-likeness (QED) is 0.672. The maximum atomic E-state index is 5.74. The second-order valence-corrected chi connectivity index (χ2v) is 6.18. The minimum atomic E-state index is 0.163. The zero-order valence-corrected chi connectivity index (χ0v) is 14.5. The molecule has 1 N–H and O–H groups in total. The van der Waals surface area contributed by atoms with Gasteiger partial charge in [-0.1, -0.05) is 0 Å². The molecule has 0 spiro atoms. The van der Waals surface area contributed by atoms with E-state index in [0.29, 0.717) is 0 Å². The van der Waals surface area contributed by atoms with Crippen LogP contribution in [-0.2, 0) is 13.5 Å². The first kappa shape index (κ1) is 16.3. The van der Waals surface area contributed by atoms with E-state index in [1.807, 2.05) is 56.2 Å². The number of ether oxygens (including phenoxy) is 1. The van der Waals surface area contributed by atoms with Crippen molar-refractivity contribution in [1.29, 1.82) is 0 Å². The van der Waals surface area contributed by atoms with E-state index in [0.717, 1.165) is 41.7 Å². The van der Waals surface area contributed by atoms with Gasteiger partial charge in [0.05, 0.1) is 11.6 Å². The predicted octanol–water partition coefficient (Wildman–Crippen LogP) is 3.80. The maximum Gasteiger partial charge on any atom is 0.121 e. The van der Waals surface area contributed by atoms with Crippen molar-refractivity contribution in [2.75, 3.05) is 11.9 Å². The number of anilines is 1. The summed E-state index contributed by atoms with van der Waals surface area (Å²) in [5.41, 5.74) is 3.32. The van der Waals surface area contributed by atoms with E-state index in [1.54, 1.807) is 0 Å². The second kappa shape index (κ2) is 7.34. The third-order valence-electron chi connectivity index (χ3n) is 3.93. The highest BCUT2D eigenvalue weighted by atomic mass is 16.5. The predicted molar refractivity (Wildman–Crippen MR) is 97.5 cm³/mol. The van der Waals surface area contributed by atoms with E-state index < -0.39 is 0 Å². The van der Waals surface area contributed by atoms with Gasteiger partial charge in [-0.25, -0.2) is 0 Å². The fraction of sp³-hybridized carbons (Fsp3) is 0.368. The molecule has 0 saturated carbocycles. The van der Waals surface area contributed by atoms with Gasteiger partial charge in [0.25, 0.3) is 0 Å². The summed E-state index contributed by atoms with van der Waals surface area (Å²) in [7, 11) is 1.98. The van der Waals surface area contributed by atoms with Crippen LogP contribution in [0.15, 0.2) is 42.7 Å². The molecule has 1 aromatic carbocycles. The zero-order chi connectivity index (χ0) is 16.9. The number of fused-ring (bicyclic) bond motifs is 1. The van der Waals surface area contributed by atoms with Crippen molar-refractivity contribution in [2.24, 2.45) is 7.05 Å². The van der Waals surface area contributed by atoms with Crippen LogP contribution in [0.25, 0.3) is 10.9 Å². The molecule has 0 atom stereocenters. The topological polar surface area (TPSA) is 52.0 Å². The molecule has 0 aliphatic rings. The summed E-state index contributed by atoms with van der Waals surface area (Å²) in [6.45, 7) is 4.96.